The highest BCUT2D eigenvalue weighted by atomic mass is 32.2. The maximum atomic E-state index is 14.0. The highest BCUT2D eigenvalue weighted by Crippen LogP contribution is 2.26. The number of rotatable bonds is 12. The van der Waals surface area contributed by atoms with Crippen molar-refractivity contribution in [2.75, 3.05) is 24.5 Å². The first kappa shape index (κ1) is 29.7. The molecule has 3 aromatic carbocycles. The molecular weight excluding hydrogens is 514 g/mol. The number of anilines is 1. The molecule has 1 atom stereocenters. The molecule has 0 fully saturated rings. The van der Waals surface area contributed by atoms with E-state index in [-0.39, 0.29) is 17.3 Å². The minimum Gasteiger partial charge on any atom is -0.497 e. The molecule has 0 aliphatic heterocycles. The lowest BCUT2D eigenvalue weighted by Crippen LogP contribution is -2.52. The maximum absolute atomic E-state index is 14.0. The molecule has 0 aliphatic rings. The molecule has 0 spiro atoms. The third-order valence-corrected chi connectivity index (χ3v) is 8.25. The third kappa shape index (κ3) is 7.38. The number of ether oxygens (including phenoxy) is 1. The molecule has 0 saturated heterocycles. The lowest BCUT2D eigenvalue weighted by molar-refractivity contribution is -0.140. The number of nitrogens with zero attached hydrogens (tertiary/aromatic N) is 2. The molecule has 1 unspecified atom stereocenters. The number of hydrogen-bond donors (Lipinski definition) is 1. The van der Waals surface area contributed by atoms with Gasteiger partial charge in [0.15, 0.2) is 0 Å². The molecule has 3 rings (SSSR count). The predicted molar refractivity (Wildman–Crippen MR) is 153 cm³/mol. The first-order chi connectivity index (χ1) is 18.6. The lowest BCUT2D eigenvalue weighted by Gasteiger charge is -2.33. The number of nitrogens with one attached hydrogen (secondary N) is 1. The third-order valence-electron chi connectivity index (χ3n) is 6.46. The number of aryl methyl sites for hydroxylation is 2. The van der Waals surface area contributed by atoms with Gasteiger partial charge in [0.05, 0.1) is 17.7 Å². The summed E-state index contributed by atoms with van der Waals surface area (Å²) in [6.45, 7) is 7.50. The van der Waals surface area contributed by atoms with E-state index >= 15 is 0 Å². The fourth-order valence-corrected chi connectivity index (χ4v) is 5.63. The summed E-state index contributed by atoms with van der Waals surface area (Å²) in [7, 11) is -2.52. The Kier molecular flexibility index (Phi) is 10.1. The van der Waals surface area contributed by atoms with Gasteiger partial charge in [-0.15, -0.1) is 0 Å². The molecule has 39 heavy (non-hydrogen) atoms. The van der Waals surface area contributed by atoms with Gasteiger partial charge in [0.25, 0.3) is 10.0 Å². The van der Waals surface area contributed by atoms with Gasteiger partial charge in [0, 0.05) is 13.1 Å². The molecule has 0 aliphatic carbocycles. The van der Waals surface area contributed by atoms with Crippen molar-refractivity contribution in [2.24, 2.45) is 0 Å². The van der Waals surface area contributed by atoms with E-state index < -0.39 is 28.5 Å². The monoisotopic (exact) mass is 551 g/mol. The molecule has 0 bridgehead atoms. The Morgan fingerprint density at radius 2 is 1.44 bits per heavy atom. The Morgan fingerprint density at radius 3 is 1.95 bits per heavy atom. The van der Waals surface area contributed by atoms with Gasteiger partial charge in [-0.05, 0) is 69.2 Å². The molecule has 9 heteroatoms. The van der Waals surface area contributed by atoms with Gasteiger partial charge < -0.3 is 15.0 Å². The van der Waals surface area contributed by atoms with Gasteiger partial charge >= 0.3 is 0 Å². The van der Waals surface area contributed by atoms with Crippen LogP contribution in [0.2, 0.25) is 0 Å². The minimum absolute atomic E-state index is 0.0824. The van der Waals surface area contributed by atoms with Crippen molar-refractivity contribution >= 4 is 27.5 Å². The first-order valence-corrected chi connectivity index (χ1v) is 14.4. The van der Waals surface area contributed by atoms with E-state index in [1.807, 2.05) is 39.8 Å². The summed E-state index contributed by atoms with van der Waals surface area (Å²) in [5, 5.41) is 2.80. The van der Waals surface area contributed by atoms with Crippen LogP contribution in [0.1, 0.15) is 37.0 Å². The number of carbonyl (C=O) groups is 2. The van der Waals surface area contributed by atoms with Crippen molar-refractivity contribution in [3.63, 3.8) is 0 Å². The fraction of sp³-hybridized carbons (Fsp3) is 0.333. The highest BCUT2D eigenvalue weighted by Gasteiger charge is 2.33. The zero-order valence-electron chi connectivity index (χ0n) is 23.2. The van der Waals surface area contributed by atoms with Gasteiger partial charge in [-0.2, -0.15) is 0 Å². The maximum Gasteiger partial charge on any atom is 0.264 e. The van der Waals surface area contributed by atoms with Crippen LogP contribution >= 0.6 is 0 Å². The van der Waals surface area contributed by atoms with E-state index in [4.69, 9.17) is 4.74 Å². The van der Waals surface area contributed by atoms with Gasteiger partial charge in [0.2, 0.25) is 11.8 Å². The highest BCUT2D eigenvalue weighted by molar-refractivity contribution is 7.92. The molecule has 2 amide bonds. The second kappa shape index (κ2) is 13.3. The Bertz CT molecular complexity index is 1360. The van der Waals surface area contributed by atoms with Crippen molar-refractivity contribution < 1.29 is 22.7 Å². The SMILES string of the molecule is CCNC(=O)C(CC)N(Cc1ccc(OC)cc1)C(=O)CN(c1ccc(C)cc1)S(=O)(=O)c1ccc(C)cc1. The molecular formula is C30H37N3O5S. The summed E-state index contributed by atoms with van der Waals surface area (Å²) in [6.07, 6.45) is 0.364. The summed E-state index contributed by atoms with van der Waals surface area (Å²) in [6, 6.07) is 19.9. The van der Waals surface area contributed by atoms with Gasteiger partial charge in [-0.25, -0.2) is 8.42 Å². The number of carbonyl (C=O) groups excluding carboxylic acids is 2. The summed E-state index contributed by atoms with van der Waals surface area (Å²) < 4.78 is 34.1. The number of hydrogen-bond acceptors (Lipinski definition) is 5. The fourth-order valence-electron chi connectivity index (χ4n) is 4.22. The van der Waals surface area contributed by atoms with E-state index in [2.05, 4.69) is 5.32 Å². The predicted octanol–water partition coefficient (Wildman–Crippen LogP) is 4.45. The van der Waals surface area contributed by atoms with Crippen LogP contribution in [-0.2, 0) is 26.2 Å². The summed E-state index contributed by atoms with van der Waals surface area (Å²) in [5.74, 6) is -0.104. The van der Waals surface area contributed by atoms with Crippen LogP contribution in [0.4, 0.5) is 5.69 Å². The Balaban J connectivity index is 2.04. The Labute approximate surface area is 231 Å². The second-order valence-electron chi connectivity index (χ2n) is 9.35. The van der Waals surface area contributed by atoms with Crippen LogP contribution in [0.3, 0.4) is 0 Å². The quantitative estimate of drug-likeness (QED) is 0.359. The molecule has 208 valence electrons. The van der Waals surface area contributed by atoms with Crippen LogP contribution in [-0.4, -0.2) is 51.4 Å². The standard InChI is InChI=1S/C30H37N3O5S/c1-6-28(30(35)31-7-2)32(20-24-12-16-26(38-5)17-13-24)29(34)21-33(25-14-8-22(3)9-15-25)39(36,37)27-18-10-23(4)11-19-27/h8-19,28H,6-7,20-21H2,1-5H3,(H,31,35). The molecule has 3 aromatic rings. The van der Waals surface area contributed by atoms with Crippen LogP contribution in [0.5, 0.6) is 5.75 Å². The van der Waals surface area contributed by atoms with Gasteiger partial charge in [-0.3, -0.25) is 13.9 Å². The van der Waals surface area contributed by atoms with Gasteiger partial charge in [-0.1, -0.05) is 54.4 Å². The number of sulfonamides is 1. The van der Waals surface area contributed by atoms with Crippen molar-refractivity contribution in [3.05, 3.63) is 89.5 Å². The normalized spacial score (nSPS) is 11.9. The number of methoxy groups -OCH3 is 1. The summed E-state index contributed by atoms with van der Waals surface area (Å²) in [5.41, 5.74) is 3.03. The van der Waals surface area contributed by atoms with E-state index in [9.17, 15) is 18.0 Å². The van der Waals surface area contributed by atoms with Crippen molar-refractivity contribution in [1.82, 2.24) is 10.2 Å². The van der Waals surface area contributed by atoms with Crippen molar-refractivity contribution in [3.8, 4) is 5.75 Å². The van der Waals surface area contributed by atoms with E-state index in [0.717, 1.165) is 21.0 Å². The lowest BCUT2D eigenvalue weighted by atomic mass is 10.1. The summed E-state index contributed by atoms with van der Waals surface area (Å²) in [4.78, 5) is 28.5. The topological polar surface area (TPSA) is 96.0 Å². The van der Waals surface area contributed by atoms with E-state index in [1.54, 1.807) is 55.6 Å². The van der Waals surface area contributed by atoms with Crippen molar-refractivity contribution in [1.29, 1.82) is 0 Å². The second-order valence-corrected chi connectivity index (χ2v) is 11.2. The molecule has 1 N–H and O–H groups in total. The number of amides is 2. The zero-order chi connectivity index (χ0) is 28.6. The largest absolute Gasteiger partial charge is 0.497 e. The van der Waals surface area contributed by atoms with Crippen LogP contribution in [0.25, 0.3) is 0 Å². The average molecular weight is 552 g/mol. The molecule has 0 saturated carbocycles. The van der Waals surface area contributed by atoms with E-state index in [1.165, 1.54) is 17.0 Å². The summed E-state index contributed by atoms with van der Waals surface area (Å²) >= 11 is 0. The first-order valence-electron chi connectivity index (χ1n) is 13.0. The smallest absolute Gasteiger partial charge is 0.264 e. The zero-order valence-corrected chi connectivity index (χ0v) is 24.0. The molecule has 0 aromatic heterocycles. The van der Waals surface area contributed by atoms with Crippen molar-refractivity contribution in [2.45, 2.75) is 51.6 Å². The number of benzene rings is 3. The van der Waals surface area contributed by atoms with E-state index in [0.29, 0.717) is 24.4 Å². The average Bonchev–Trinajstić information content (AvgIpc) is 2.92. The van der Waals surface area contributed by atoms with Gasteiger partial charge in [0.1, 0.15) is 18.3 Å². The molecule has 0 radical (unpaired) electrons. The molecule has 8 nitrogen and oxygen atoms in total. The van der Waals surface area contributed by atoms with Crippen LogP contribution in [0.15, 0.2) is 77.7 Å². The Hall–Kier alpha value is -3.85. The van der Waals surface area contributed by atoms with Crippen LogP contribution in [0, 0.1) is 13.8 Å². The van der Waals surface area contributed by atoms with Crippen LogP contribution < -0.4 is 14.4 Å². The molecule has 0 heterocycles. The minimum atomic E-state index is -4.09. The Morgan fingerprint density at radius 1 is 0.872 bits per heavy atom. The number of likely N-dealkylation sites (N-methyl/N-ethyl adjacent to an activating group) is 1.